The molecule has 0 spiro atoms. The highest BCUT2D eigenvalue weighted by molar-refractivity contribution is 7.88. The van der Waals surface area contributed by atoms with Gasteiger partial charge in [-0.25, -0.2) is 12.7 Å². The first-order chi connectivity index (χ1) is 11.4. The molecule has 0 N–H and O–H groups in total. The predicted octanol–water partition coefficient (Wildman–Crippen LogP) is 0.560. The summed E-state index contributed by atoms with van der Waals surface area (Å²) in [7, 11) is -1.47. The Balaban J connectivity index is 1.70. The van der Waals surface area contributed by atoms with Crippen LogP contribution >= 0.6 is 0 Å². The van der Waals surface area contributed by atoms with Gasteiger partial charge in [0.25, 0.3) is 0 Å². The minimum Gasteiger partial charge on any atom is -0.382 e. The smallest absolute Gasteiger partial charge is 0.225 e. The molecule has 2 saturated heterocycles. The zero-order chi connectivity index (χ0) is 17.6. The van der Waals surface area contributed by atoms with Gasteiger partial charge in [0.05, 0.1) is 19.5 Å². The van der Waals surface area contributed by atoms with Crippen LogP contribution in [0.1, 0.15) is 25.7 Å². The number of hydrogen-bond donors (Lipinski definition) is 0. The molecule has 0 saturated carbocycles. The van der Waals surface area contributed by atoms with Gasteiger partial charge in [0, 0.05) is 45.8 Å². The number of carbonyl (C=O) groups excluding carboxylic acids is 1. The molecule has 8 heteroatoms. The Morgan fingerprint density at radius 3 is 2.21 bits per heavy atom. The van der Waals surface area contributed by atoms with E-state index in [9.17, 15) is 13.2 Å². The second-order valence-electron chi connectivity index (χ2n) is 6.77. The van der Waals surface area contributed by atoms with E-state index in [-0.39, 0.29) is 11.8 Å². The average Bonchev–Trinajstić information content (AvgIpc) is 2.58. The molecule has 2 rings (SSSR count). The highest BCUT2D eigenvalue weighted by Crippen LogP contribution is 2.24. The van der Waals surface area contributed by atoms with E-state index in [4.69, 9.17) is 9.47 Å². The lowest BCUT2D eigenvalue weighted by molar-refractivity contribution is -0.138. The number of nitrogens with zero attached hydrogens (tertiary/aromatic N) is 2. The van der Waals surface area contributed by atoms with Crippen molar-refractivity contribution >= 4 is 15.9 Å². The lowest BCUT2D eigenvalue weighted by atomic mass is 9.93. The molecule has 0 atom stereocenters. The summed E-state index contributed by atoms with van der Waals surface area (Å²) in [4.78, 5) is 14.6. The van der Waals surface area contributed by atoms with Crippen molar-refractivity contribution in [3.8, 4) is 0 Å². The van der Waals surface area contributed by atoms with Crippen molar-refractivity contribution in [3.05, 3.63) is 0 Å². The lowest BCUT2D eigenvalue weighted by Crippen LogP contribution is -2.46. The molecule has 2 aliphatic rings. The zero-order valence-corrected chi connectivity index (χ0v) is 15.6. The Labute approximate surface area is 145 Å². The molecule has 0 bridgehead atoms. The third-order valence-electron chi connectivity index (χ3n) is 4.98. The molecule has 0 aliphatic carbocycles. The number of ether oxygens (including phenoxy) is 2. The summed E-state index contributed by atoms with van der Waals surface area (Å²) >= 11 is 0. The minimum absolute atomic E-state index is 0.0301. The fourth-order valence-electron chi connectivity index (χ4n) is 3.40. The van der Waals surface area contributed by atoms with E-state index in [1.165, 1.54) is 10.6 Å². The van der Waals surface area contributed by atoms with E-state index < -0.39 is 10.0 Å². The molecule has 1 amide bonds. The van der Waals surface area contributed by atoms with Crippen molar-refractivity contribution in [3.63, 3.8) is 0 Å². The number of piperidine rings is 2. The fourth-order valence-corrected chi connectivity index (χ4v) is 4.28. The predicted molar refractivity (Wildman–Crippen MR) is 91.1 cm³/mol. The van der Waals surface area contributed by atoms with E-state index in [1.807, 2.05) is 4.90 Å². The summed E-state index contributed by atoms with van der Waals surface area (Å²) in [6.07, 6.45) is 4.44. The number of rotatable bonds is 7. The molecule has 7 nitrogen and oxygen atoms in total. The quantitative estimate of drug-likeness (QED) is 0.619. The third kappa shape index (κ3) is 5.68. The fraction of sp³-hybridized carbons (Fsp3) is 0.938. The van der Waals surface area contributed by atoms with Gasteiger partial charge in [-0.3, -0.25) is 4.79 Å². The van der Waals surface area contributed by atoms with Gasteiger partial charge in [0.2, 0.25) is 15.9 Å². The van der Waals surface area contributed by atoms with Crippen LogP contribution in [0.4, 0.5) is 0 Å². The molecule has 2 aliphatic heterocycles. The number of carbonyl (C=O) groups is 1. The second-order valence-corrected chi connectivity index (χ2v) is 8.76. The van der Waals surface area contributed by atoms with Crippen molar-refractivity contribution in [1.82, 2.24) is 9.21 Å². The monoisotopic (exact) mass is 362 g/mol. The lowest BCUT2D eigenvalue weighted by Gasteiger charge is -2.36. The third-order valence-corrected chi connectivity index (χ3v) is 6.29. The van der Waals surface area contributed by atoms with Gasteiger partial charge < -0.3 is 14.4 Å². The molecule has 140 valence electrons. The van der Waals surface area contributed by atoms with E-state index in [0.717, 1.165) is 32.5 Å². The first-order valence-electron chi connectivity index (χ1n) is 8.72. The van der Waals surface area contributed by atoms with E-state index in [2.05, 4.69) is 0 Å². The Bertz CT molecular complexity index is 495. The van der Waals surface area contributed by atoms with E-state index >= 15 is 0 Å². The topological polar surface area (TPSA) is 76.2 Å². The van der Waals surface area contributed by atoms with Crippen molar-refractivity contribution in [2.45, 2.75) is 25.7 Å². The van der Waals surface area contributed by atoms with Crippen LogP contribution < -0.4 is 0 Å². The summed E-state index contributed by atoms with van der Waals surface area (Å²) < 4.78 is 35.1. The second kappa shape index (κ2) is 9.12. The summed E-state index contributed by atoms with van der Waals surface area (Å²) in [6.45, 7) is 4.45. The van der Waals surface area contributed by atoms with Crippen LogP contribution in [0.25, 0.3) is 0 Å². The molecule has 0 aromatic carbocycles. The van der Waals surface area contributed by atoms with Crippen LogP contribution in [0.5, 0.6) is 0 Å². The minimum atomic E-state index is -3.13. The Morgan fingerprint density at radius 2 is 1.67 bits per heavy atom. The standard InChI is InChI=1S/C16H30N2O5S/c1-22-11-12-23-13-14-3-7-17(8-4-14)16(19)15-5-9-18(10-6-15)24(2,20)21/h14-15H,3-13H2,1-2H3. The van der Waals surface area contributed by atoms with Gasteiger partial charge in [-0.15, -0.1) is 0 Å². The maximum absolute atomic E-state index is 12.6. The number of sulfonamides is 1. The molecule has 0 radical (unpaired) electrons. The largest absolute Gasteiger partial charge is 0.382 e. The van der Waals surface area contributed by atoms with Gasteiger partial charge in [-0.05, 0) is 31.6 Å². The summed E-state index contributed by atoms with van der Waals surface area (Å²) in [5, 5.41) is 0. The normalized spacial score (nSPS) is 22.0. The summed E-state index contributed by atoms with van der Waals surface area (Å²) in [5.74, 6) is 0.678. The van der Waals surface area contributed by atoms with Gasteiger partial charge >= 0.3 is 0 Å². The van der Waals surface area contributed by atoms with Gasteiger partial charge in [0.15, 0.2) is 0 Å². The first-order valence-corrected chi connectivity index (χ1v) is 10.6. The van der Waals surface area contributed by atoms with Crippen molar-refractivity contribution in [2.24, 2.45) is 11.8 Å². The van der Waals surface area contributed by atoms with Gasteiger partial charge in [0.1, 0.15) is 0 Å². The highest BCUT2D eigenvalue weighted by atomic mass is 32.2. The Morgan fingerprint density at radius 1 is 1.04 bits per heavy atom. The maximum Gasteiger partial charge on any atom is 0.225 e. The number of hydrogen-bond acceptors (Lipinski definition) is 5. The molecule has 0 aromatic rings. The van der Waals surface area contributed by atoms with E-state index in [1.54, 1.807) is 7.11 Å². The SMILES string of the molecule is COCCOCC1CCN(C(=O)C2CCN(S(C)(=O)=O)CC2)CC1. The number of amides is 1. The van der Waals surface area contributed by atoms with Crippen molar-refractivity contribution < 1.29 is 22.7 Å². The molecule has 2 fully saturated rings. The molecule has 2 heterocycles. The van der Waals surface area contributed by atoms with Crippen LogP contribution in [-0.2, 0) is 24.3 Å². The van der Waals surface area contributed by atoms with Crippen LogP contribution in [0.3, 0.4) is 0 Å². The number of likely N-dealkylation sites (tertiary alicyclic amines) is 1. The van der Waals surface area contributed by atoms with Crippen LogP contribution in [0.2, 0.25) is 0 Å². The van der Waals surface area contributed by atoms with Crippen LogP contribution in [0.15, 0.2) is 0 Å². The number of methoxy groups -OCH3 is 1. The molecular formula is C16H30N2O5S. The maximum atomic E-state index is 12.6. The van der Waals surface area contributed by atoms with Crippen LogP contribution in [0, 0.1) is 11.8 Å². The highest BCUT2D eigenvalue weighted by Gasteiger charge is 2.32. The first kappa shape index (κ1) is 19.6. The van der Waals surface area contributed by atoms with E-state index in [0.29, 0.717) is 45.1 Å². The molecule has 0 aromatic heterocycles. The Hall–Kier alpha value is -0.700. The van der Waals surface area contributed by atoms with Gasteiger partial charge in [-0.1, -0.05) is 0 Å². The zero-order valence-electron chi connectivity index (χ0n) is 14.8. The molecule has 24 heavy (non-hydrogen) atoms. The summed E-state index contributed by atoms with van der Waals surface area (Å²) in [6, 6.07) is 0. The van der Waals surface area contributed by atoms with Crippen molar-refractivity contribution in [1.29, 1.82) is 0 Å². The summed E-state index contributed by atoms with van der Waals surface area (Å²) in [5.41, 5.74) is 0. The van der Waals surface area contributed by atoms with Crippen molar-refractivity contribution in [2.75, 3.05) is 59.4 Å². The van der Waals surface area contributed by atoms with Crippen LogP contribution in [-0.4, -0.2) is 82.9 Å². The van der Waals surface area contributed by atoms with Gasteiger partial charge in [-0.2, -0.15) is 0 Å². The average molecular weight is 362 g/mol. The molecular weight excluding hydrogens is 332 g/mol. The molecule has 0 unspecified atom stereocenters. The Kier molecular flexibility index (Phi) is 7.46.